The Morgan fingerprint density at radius 1 is 1.55 bits per heavy atom. The van der Waals surface area contributed by atoms with Gasteiger partial charge >= 0.3 is 0 Å². The van der Waals surface area contributed by atoms with Gasteiger partial charge in [-0.3, -0.25) is 9.59 Å². The summed E-state index contributed by atoms with van der Waals surface area (Å²) in [5.74, 6) is 4.19. The maximum Gasteiger partial charge on any atom is 0.230 e. The van der Waals surface area contributed by atoms with Gasteiger partial charge in [0.25, 0.3) is 0 Å². The minimum Gasteiger partial charge on any atom is -0.369 e. The molecule has 4 heteroatoms. The van der Waals surface area contributed by atoms with Crippen molar-refractivity contribution in [2.75, 3.05) is 6.54 Å². The van der Waals surface area contributed by atoms with Gasteiger partial charge in [-0.05, 0) is 6.92 Å². The molecule has 0 aromatic rings. The molecule has 0 aliphatic carbocycles. The van der Waals surface area contributed by atoms with Crippen LogP contribution in [0.1, 0.15) is 13.3 Å². The van der Waals surface area contributed by atoms with Gasteiger partial charge in [0.05, 0.1) is 6.54 Å². The number of carbonyl (C=O) groups is 2. The summed E-state index contributed by atoms with van der Waals surface area (Å²) in [4.78, 5) is 20.8. The van der Waals surface area contributed by atoms with Crippen LogP contribution in [0.2, 0.25) is 0 Å². The summed E-state index contributed by atoms with van der Waals surface area (Å²) >= 11 is 0. The molecule has 0 saturated heterocycles. The van der Waals surface area contributed by atoms with E-state index >= 15 is 0 Å². The fourth-order valence-electron chi connectivity index (χ4n) is 0.452. The minimum atomic E-state index is -0.632. The summed E-state index contributed by atoms with van der Waals surface area (Å²) in [6.45, 7) is 1.93. The summed E-state index contributed by atoms with van der Waals surface area (Å²) in [6, 6.07) is 0. The van der Waals surface area contributed by atoms with Crippen LogP contribution in [-0.2, 0) is 9.59 Å². The molecule has 0 spiro atoms. The Morgan fingerprint density at radius 3 is 2.64 bits per heavy atom. The van der Waals surface area contributed by atoms with Crippen molar-refractivity contribution in [1.82, 2.24) is 5.32 Å². The molecule has 0 aliphatic heterocycles. The van der Waals surface area contributed by atoms with Crippen molar-refractivity contribution in [3.05, 3.63) is 0 Å². The normalized spacial score (nSPS) is 7.73. The van der Waals surface area contributed by atoms with Crippen LogP contribution in [0.25, 0.3) is 0 Å². The van der Waals surface area contributed by atoms with Crippen LogP contribution in [0.3, 0.4) is 0 Å². The predicted octanol–water partition coefficient (Wildman–Crippen LogP) is -0.999. The number of rotatable bonds is 3. The van der Waals surface area contributed by atoms with E-state index in [-0.39, 0.29) is 18.9 Å². The largest absolute Gasteiger partial charge is 0.369 e. The number of nitrogens with two attached hydrogens (primary N) is 1. The first-order valence-electron chi connectivity index (χ1n) is 3.11. The van der Waals surface area contributed by atoms with Crippen LogP contribution in [0.15, 0.2) is 0 Å². The summed E-state index contributed by atoms with van der Waals surface area (Å²) in [5.41, 5.74) is 4.76. The maximum absolute atomic E-state index is 10.6. The third-order valence-corrected chi connectivity index (χ3v) is 0.886. The van der Waals surface area contributed by atoms with E-state index in [2.05, 4.69) is 17.2 Å². The third kappa shape index (κ3) is 6.38. The summed E-state index contributed by atoms with van der Waals surface area (Å²) in [7, 11) is 0. The van der Waals surface area contributed by atoms with E-state index in [1.165, 1.54) is 0 Å². The molecule has 0 aromatic carbocycles. The van der Waals surface area contributed by atoms with E-state index in [0.717, 1.165) is 0 Å². The van der Waals surface area contributed by atoms with E-state index in [9.17, 15) is 9.59 Å². The topological polar surface area (TPSA) is 72.2 Å². The van der Waals surface area contributed by atoms with E-state index in [0.29, 0.717) is 0 Å². The zero-order valence-corrected chi connectivity index (χ0v) is 6.31. The van der Waals surface area contributed by atoms with Crippen molar-refractivity contribution in [3.8, 4) is 11.8 Å². The average molecular weight is 154 g/mol. The molecule has 0 saturated carbocycles. The van der Waals surface area contributed by atoms with Gasteiger partial charge in [0.15, 0.2) is 0 Å². The quantitative estimate of drug-likeness (QED) is 0.404. The van der Waals surface area contributed by atoms with Crippen molar-refractivity contribution in [2.45, 2.75) is 13.3 Å². The molecule has 3 N–H and O–H groups in total. The van der Waals surface area contributed by atoms with Gasteiger partial charge in [-0.15, -0.1) is 5.92 Å². The minimum absolute atomic E-state index is 0.266. The second kappa shape index (κ2) is 5.30. The van der Waals surface area contributed by atoms with Crippen LogP contribution >= 0.6 is 0 Å². The Hall–Kier alpha value is -1.50. The number of primary amides is 1. The lowest BCUT2D eigenvalue weighted by molar-refractivity contribution is -0.127. The van der Waals surface area contributed by atoms with Crippen LogP contribution in [0.4, 0.5) is 0 Å². The average Bonchev–Trinajstić information content (AvgIpc) is 1.86. The fourth-order valence-corrected chi connectivity index (χ4v) is 0.452. The molecule has 0 atom stereocenters. The Balaban J connectivity index is 3.51. The zero-order chi connectivity index (χ0) is 8.69. The van der Waals surface area contributed by atoms with E-state index in [1.54, 1.807) is 6.92 Å². The van der Waals surface area contributed by atoms with Crippen molar-refractivity contribution < 1.29 is 9.59 Å². The Kier molecular flexibility index (Phi) is 4.58. The second-order valence-electron chi connectivity index (χ2n) is 1.85. The monoisotopic (exact) mass is 154 g/mol. The first-order chi connectivity index (χ1) is 5.16. The maximum atomic E-state index is 10.6. The molecule has 4 nitrogen and oxygen atoms in total. The lowest BCUT2D eigenvalue weighted by atomic mass is 10.4. The molecule has 0 aliphatic rings. The highest BCUT2D eigenvalue weighted by Crippen LogP contribution is 1.74. The van der Waals surface area contributed by atoms with E-state index in [4.69, 9.17) is 5.73 Å². The molecule has 0 heterocycles. The molecular weight excluding hydrogens is 144 g/mol. The molecule has 0 fully saturated rings. The standard InChI is InChI=1S/C7H10N2O2/c1-2-3-4-9-7(11)5-6(8)10/h4-5H2,1H3,(H2,8,10)(H,9,11). The van der Waals surface area contributed by atoms with Crippen molar-refractivity contribution in [2.24, 2.45) is 5.73 Å². The van der Waals surface area contributed by atoms with Crippen LogP contribution < -0.4 is 11.1 Å². The van der Waals surface area contributed by atoms with Gasteiger partial charge in [-0.2, -0.15) is 0 Å². The summed E-state index contributed by atoms with van der Waals surface area (Å²) in [6.07, 6.45) is -0.272. The smallest absolute Gasteiger partial charge is 0.230 e. The SMILES string of the molecule is CC#CCNC(=O)CC(N)=O. The Bertz CT molecular complexity index is 212. The predicted molar refractivity (Wildman–Crippen MR) is 40.3 cm³/mol. The molecule has 0 aromatic heterocycles. The number of carbonyl (C=O) groups excluding carboxylic acids is 2. The van der Waals surface area contributed by atoms with Crippen LogP contribution in [-0.4, -0.2) is 18.4 Å². The lowest BCUT2D eigenvalue weighted by Crippen LogP contribution is -2.28. The fraction of sp³-hybridized carbons (Fsp3) is 0.429. The molecule has 11 heavy (non-hydrogen) atoms. The van der Waals surface area contributed by atoms with Crippen LogP contribution in [0.5, 0.6) is 0 Å². The number of hydrogen-bond donors (Lipinski definition) is 2. The highest BCUT2D eigenvalue weighted by molar-refractivity contribution is 5.96. The van der Waals surface area contributed by atoms with Crippen molar-refractivity contribution in [1.29, 1.82) is 0 Å². The van der Waals surface area contributed by atoms with E-state index < -0.39 is 5.91 Å². The summed E-state index contributed by atoms with van der Waals surface area (Å²) < 4.78 is 0. The second-order valence-corrected chi connectivity index (χ2v) is 1.85. The van der Waals surface area contributed by atoms with Gasteiger partial charge in [-0.1, -0.05) is 5.92 Å². The highest BCUT2D eigenvalue weighted by atomic mass is 16.2. The summed E-state index contributed by atoms with van der Waals surface area (Å²) in [5, 5.41) is 2.40. The number of nitrogens with one attached hydrogen (secondary N) is 1. The third-order valence-electron chi connectivity index (χ3n) is 0.886. The van der Waals surface area contributed by atoms with Gasteiger partial charge < -0.3 is 11.1 Å². The van der Waals surface area contributed by atoms with Gasteiger partial charge in [-0.25, -0.2) is 0 Å². The molecule has 0 unspecified atom stereocenters. The van der Waals surface area contributed by atoms with Gasteiger partial charge in [0.2, 0.25) is 11.8 Å². The van der Waals surface area contributed by atoms with Gasteiger partial charge in [0, 0.05) is 0 Å². The first kappa shape index (κ1) is 9.50. The molecule has 0 radical (unpaired) electrons. The van der Waals surface area contributed by atoms with Crippen LogP contribution in [0, 0.1) is 11.8 Å². The number of hydrogen-bond acceptors (Lipinski definition) is 2. The lowest BCUT2D eigenvalue weighted by Gasteiger charge is -1.96. The van der Waals surface area contributed by atoms with Crippen molar-refractivity contribution in [3.63, 3.8) is 0 Å². The van der Waals surface area contributed by atoms with E-state index in [1.807, 2.05) is 0 Å². The molecule has 2 amide bonds. The van der Waals surface area contributed by atoms with Gasteiger partial charge in [0.1, 0.15) is 6.42 Å². The Labute approximate surface area is 65.1 Å². The zero-order valence-electron chi connectivity index (χ0n) is 6.31. The first-order valence-corrected chi connectivity index (χ1v) is 3.11. The Morgan fingerprint density at radius 2 is 2.18 bits per heavy atom. The molecular formula is C7H10N2O2. The molecule has 0 rings (SSSR count). The molecule has 60 valence electrons. The highest BCUT2D eigenvalue weighted by Gasteiger charge is 2.02. The molecule has 0 bridgehead atoms. The van der Waals surface area contributed by atoms with Crippen molar-refractivity contribution >= 4 is 11.8 Å². The number of amides is 2.